The number of amides is 1. The van der Waals surface area contributed by atoms with Gasteiger partial charge in [-0.2, -0.15) is 4.52 Å². The van der Waals surface area contributed by atoms with Crippen LogP contribution in [-0.4, -0.2) is 59.2 Å². The Bertz CT molecular complexity index is 1260. The molecule has 0 fully saturated rings. The number of hydrogen-bond donors (Lipinski definition) is 1. The van der Waals surface area contributed by atoms with E-state index < -0.39 is 0 Å². The highest BCUT2D eigenvalue weighted by Gasteiger charge is 2.14. The van der Waals surface area contributed by atoms with Crippen LogP contribution in [0.15, 0.2) is 60.7 Å². The van der Waals surface area contributed by atoms with E-state index in [2.05, 4.69) is 20.6 Å². The van der Waals surface area contributed by atoms with Crippen LogP contribution in [0.25, 0.3) is 17.0 Å². The average Bonchev–Trinajstić information content (AvgIpc) is 3.29. The molecule has 10 heteroatoms. The Balaban J connectivity index is 1.31. The molecule has 1 amide bonds. The van der Waals surface area contributed by atoms with Crippen molar-refractivity contribution in [1.29, 1.82) is 0 Å². The van der Waals surface area contributed by atoms with Crippen LogP contribution >= 0.6 is 0 Å². The summed E-state index contributed by atoms with van der Waals surface area (Å²) in [5.41, 5.74) is 1.34. The minimum Gasteiger partial charge on any atom is -0.496 e. The van der Waals surface area contributed by atoms with Gasteiger partial charge in [-0.05, 0) is 37.3 Å². The predicted octanol–water partition coefficient (Wildman–Crippen LogP) is 2.77. The standard InChI is InChI=1S/C24H25N5O5/c1-3-32-19-10-6-7-11-20(19)34-16-22(30)25-14-15-33-23-13-12-21-26-27-24(29(21)28-23)17-8-4-5-9-18(17)31-2/h4-13H,3,14-16H2,1-2H3,(H,25,30). The van der Waals surface area contributed by atoms with Crippen LogP contribution in [0.2, 0.25) is 0 Å². The van der Waals surface area contributed by atoms with Crippen LogP contribution in [0.3, 0.4) is 0 Å². The Morgan fingerprint density at radius 2 is 1.65 bits per heavy atom. The molecule has 0 saturated carbocycles. The lowest BCUT2D eigenvalue weighted by atomic mass is 10.2. The molecule has 4 rings (SSSR count). The number of carbonyl (C=O) groups is 1. The van der Waals surface area contributed by atoms with E-state index in [9.17, 15) is 4.79 Å². The molecule has 0 aliphatic carbocycles. The van der Waals surface area contributed by atoms with Gasteiger partial charge in [0.25, 0.3) is 5.91 Å². The number of nitrogens with one attached hydrogen (secondary N) is 1. The summed E-state index contributed by atoms with van der Waals surface area (Å²) < 4.78 is 23.8. The van der Waals surface area contributed by atoms with Gasteiger partial charge in [0.05, 0.1) is 25.8 Å². The Morgan fingerprint density at radius 3 is 2.41 bits per heavy atom. The molecule has 34 heavy (non-hydrogen) atoms. The molecule has 0 radical (unpaired) electrons. The van der Waals surface area contributed by atoms with E-state index in [1.165, 1.54) is 0 Å². The number of methoxy groups -OCH3 is 1. The zero-order chi connectivity index (χ0) is 23.8. The van der Waals surface area contributed by atoms with Crippen molar-refractivity contribution >= 4 is 11.6 Å². The van der Waals surface area contributed by atoms with E-state index in [1.807, 2.05) is 43.3 Å². The van der Waals surface area contributed by atoms with Crippen molar-refractivity contribution in [2.75, 3.05) is 33.5 Å². The summed E-state index contributed by atoms with van der Waals surface area (Å²) in [6.07, 6.45) is 0. The smallest absolute Gasteiger partial charge is 0.258 e. The minimum atomic E-state index is -0.268. The summed E-state index contributed by atoms with van der Waals surface area (Å²) in [5, 5.41) is 15.6. The number of benzene rings is 2. The number of hydrogen-bond acceptors (Lipinski definition) is 8. The van der Waals surface area contributed by atoms with Gasteiger partial charge in [-0.3, -0.25) is 4.79 Å². The lowest BCUT2D eigenvalue weighted by molar-refractivity contribution is -0.123. The largest absolute Gasteiger partial charge is 0.496 e. The van der Waals surface area contributed by atoms with E-state index >= 15 is 0 Å². The molecule has 2 heterocycles. The fraction of sp³-hybridized carbons (Fsp3) is 0.250. The molecule has 2 aromatic heterocycles. The molecule has 0 aliphatic rings. The van der Waals surface area contributed by atoms with E-state index in [4.69, 9.17) is 18.9 Å². The molecule has 4 aromatic rings. The molecular weight excluding hydrogens is 438 g/mol. The van der Waals surface area contributed by atoms with Gasteiger partial charge in [-0.1, -0.05) is 24.3 Å². The molecule has 0 spiro atoms. The normalized spacial score (nSPS) is 10.6. The van der Waals surface area contributed by atoms with Crippen LogP contribution < -0.4 is 24.3 Å². The van der Waals surface area contributed by atoms with Crippen molar-refractivity contribution in [2.24, 2.45) is 0 Å². The minimum absolute atomic E-state index is 0.128. The fourth-order valence-corrected chi connectivity index (χ4v) is 3.23. The van der Waals surface area contributed by atoms with Gasteiger partial charge in [-0.15, -0.1) is 15.3 Å². The summed E-state index contributed by atoms with van der Waals surface area (Å²) in [7, 11) is 1.60. The van der Waals surface area contributed by atoms with Gasteiger partial charge >= 0.3 is 0 Å². The first-order valence-electron chi connectivity index (χ1n) is 10.8. The van der Waals surface area contributed by atoms with Crippen LogP contribution in [0.5, 0.6) is 23.1 Å². The second kappa shape index (κ2) is 11.0. The van der Waals surface area contributed by atoms with Gasteiger partial charge in [-0.25, -0.2) is 0 Å². The molecule has 10 nitrogen and oxygen atoms in total. The summed E-state index contributed by atoms with van der Waals surface area (Å²) in [6, 6.07) is 18.2. The third-order valence-corrected chi connectivity index (χ3v) is 4.77. The maximum absolute atomic E-state index is 12.1. The number of carbonyl (C=O) groups excluding carboxylic acids is 1. The van der Waals surface area contributed by atoms with Crippen molar-refractivity contribution in [3.63, 3.8) is 0 Å². The molecule has 0 aliphatic heterocycles. The Morgan fingerprint density at radius 1 is 0.912 bits per heavy atom. The Labute approximate surface area is 196 Å². The second-order valence-corrected chi connectivity index (χ2v) is 7.03. The molecule has 0 unspecified atom stereocenters. The Hall–Kier alpha value is -4.34. The Kier molecular flexibility index (Phi) is 7.39. The van der Waals surface area contributed by atoms with E-state index in [-0.39, 0.29) is 25.7 Å². The lowest BCUT2D eigenvalue weighted by Gasteiger charge is -2.12. The molecule has 176 valence electrons. The monoisotopic (exact) mass is 463 g/mol. The van der Waals surface area contributed by atoms with Crippen molar-refractivity contribution < 1.29 is 23.7 Å². The van der Waals surface area contributed by atoms with E-state index in [0.717, 1.165) is 5.56 Å². The van der Waals surface area contributed by atoms with Crippen LogP contribution in [-0.2, 0) is 4.79 Å². The maximum Gasteiger partial charge on any atom is 0.258 e. The maximum atomic E-state index is 12.1. The molecule has 1 N–H and O–H groups in total. The van der Waals surface area contributed by atoms with Gasteiger partial charge in [0, 0.05) is 6.07 Å². The fourth-order valence-electron chi connectivity index (χ4n) is 3.23. The number of fused-ring (bicyclic) bond motifs is 1. The molecule has 0 saturated heterocycles. The van der Waals surface area contributed by atoms with Gasteiger partial charge in [0.1, 0.15) is 12.4 Å². The third-order valence-electron chi connectivity index (χ3n) is 4.77. The highest BCUT2D eigenvalue weighted by molar-refractivity contribution is 5.77. The summed E-state index contributed by atoms with van der Waals surface area (Å²) in [5.74, 6) is 2.43. The highest BCUT2D eigenvalue weighted by Crippen LogP contribution is 2.28. The topological polar surface area (TPSA) is 109 Å². The van der Waals surface area contributed by atoms with E-state index in [0.29, 0.717) is 41.2 Å². The van der Waals surface area contributed by atoms with Gasteiger partial charge in [0.15, 0.2) is 29.6 Å². The summed E-state index contributed by atoms with van der Waals surface area (Å²) in [6.45, 7) is 2.79. The first kappa shape index (κ1) is 22.8. The van der Waals surface area contributed by atoms with Crippen molar-refractivity contribution in [3.05, 3.63) is 60.7 Å². The number of ether oxygens (including phenoxy) is 4. The average molecular weight is 463 g/mol. The van der Waals surface area contributed by atoms with Crippen molar-refractivity contribution in [3.8, 4) is 34.5 Å². The van der Waals surface area contributed by atoms with Gasteiger partial charge in [0.2, 0.25) is 5.88 Å². The number of para-hydroxylation sites is 3. The SMILES string of the molecule is CCOc1ccccc1OCC(=O)NCCOc1ccc2nnc(-c3ccccc3OC)n2n1. The zero-order valence-corrected chi connectivity index (χ0v) is 18.9. The number of aromatic nitrogens is 4. The zero-order valence-electron chi connectivity index (χ0n) is 18.9. The second-order valence-electron chi connectivity index (χ2n) is 7.03. The summed E-state index contributed by atoms with van der Waals surface area (Å²) in [4.78, 5) is 12.1. The number of rotatable bonds is 11. The van der Waals surface area contributed by atoms with E-state index in [1.54, 1.807) is 35.9 Å². The molecule has 2 aromatic carbocycles. The van der Waals surface area contributed by atoms with Crippen LogP contribution in [0.4, 0.5) is 0 Å². The highest BCUT2D eigenvalue weighted by atomic mass is 16.5. The van der Waals surface area contributed by atoms with Gasteiger partial charge < -0.3 is 24.3 Å². The molecule has 0 bridgehead atoms. The van der Waals surface area contributed by atoms with Crippen LogP contribution in [0, 0.1) is 0 Å². The number of nitrogens with zero attached hydrogens (tertiary/aromatic N) is 4. The van der Waals surface area contributed by atoms with Crippen molar-refractivity contribution in [2.45, 2.75) is 6.92 Å². The quantitative estimate of drug-likeness (QED) is 0.338. The molecule has 0 atom stereocenters. The molecular formula is C24H25N5O5. The lowest BCUT2D eigenvalue weighted by Crippen LogP contribution is -2.32. The predicted molar refractivity (Wildman–Crippen MR) is 124 cm³/mol. The van der Waals surface area contributed by atoms with Crippen molar-refractivity contribution in [1.82, 2.24) is 25.1 Å². The third kappa shape index (κ3) is 5.34. The summed E-state index contributed by atoms with van der Waals surface area (Å²) >= 11 is 0. The first-order valence-corrected chi connectivity index (χ1v) is 10.8. The first-order chi connectivity index (χ1) is 16.7. The van der Waals surface area contributed by atoms with Crippen LogP contribution in [0.1, 0.15) is 6.92 Å².